The van der Waals surface area contributed by atoms with Gasteiger partial charge in [-0.3, -0.25) is 14.7 Å². The van der Waals surface area contributed by atoms with Gasteiger partial charge in [-0.1, -0.05) is 23.7 Å². The predicted octanol–water partition coefficient (Wildman–Crippen LogP) is 5.90. The van der Waals surface area contributed by atoms with Crippen LogP contribution in [0.15, 0.2) is 53.5 Å². The zero-order valence-corrected chi connectivity index (χ0v) is 26.7. The van der Waals surface area contributed by atoms with Gasteiger partial charge >= 0.3 is 6.09 Å². The molecule has 44 heavy (non-hydrogen) atoms. The van der Waals surface area contributed by atoms with E-state index in [-0.39, 0.29) is 29.6 Å². The number of anilines is 2. The van der Waals surface area contributed by atoms with E-state index in [1.165, 1.54) is 14.2 Å². The van der Waals surface area contributed by atoms with E-state index in [1.54, 1.807) is 75.7 Å². The van der Waals surface area contributed by atoms with Crippen molar-refractivity contribution in [1.29, 1.82) is 0 Å². The number of pyridine rings is 1. The van der Waals surface area contributed by atoms with Crippen LogP contribution in [0.5, 0.6) is 11.5 Å². The molecule has 2 heterocycles. The Balaban J connectivity index is 1.73. The number of rotatable bonds is 10. The summed E-state index contributed by atoms with van der Waals surface area (Å²) >= 11 is 6.68. The lowest BCUT2D eigenvalue weighted by atomic mass is 10.0. The molecule has 0 spiro atoms. The van der Waals surface area contributed by atoms with Crippen molar-refractivity contribution in [3.8, 4) is 22.6 Å². The van der Waals surface area contributed by atoms with Crippen LogP contribution >= 0.6 is 11.6 Å². The van der Waals surface area contributed by atoms with Gasteiger partial charge in [-0.25, -0.2) is 9.78 Å². The Morgan fingerprint density at radius 1 is 1.02 bits per heavy atom. The van der Waals surface area contributed by atoms with Crippen molar-refractivity contribution in [3.63, 3.8) is 0 Å². The number of carbonyl (C=O) groups excluding carboxylic acids is 1. The molecule has 0 atom stereocenters. The van der Waals surface area contributed by atoms with E-state index >= 15 is 0 Å². The number of benzene rings is 2. The third-order valence-corrected chi connectivity index (χ3v) is 6.88. The number of methoxy groups -OCH3 is 2. The highest BCUT2D eigenvalue weighted by molar-refractivity contribution is 6.35. The summed E-state index contributed by atoms with van der Waals surface area (Å²) in [5.41, 5.74) is 0.801. The lowest BCUT2D eigenvalue weighted by Crippen LogP contribution is -2.30. The van der Waals surface area contributed by atoms with Gasteiger partial charge in [0.2, 0.25) is 5.95 Å². The Morgan fingerprint density at radius 3 is 2.34 bits per heavy atom. The van der Waals surface area contributed by atoms with Gasteiger partial charge in [0.15, 0.2) is 0 Å². The molecule has 1 amide bonds. The summed E-state index contributed by atoms with van der Waals surface area (Å²) in [5.74, 6) is 1.13. The highest BCUT2D eigenvalue weighted by Gasteiger charge is 2.20. The molecule has 0 aliphatic carbocycles. The summed E-state index contributed by atoms with van der Waals surface area (Å²) in [6.45, 7) is 9.23. The molecular weight excluding hydrogens is 586 g/mol. The summed E-state index contributed by atoms with van der Waals surface area (Å²) in [7, 11) is 3.02. The van der Waals surface area contributed by atoms with Crippen molar-refractivity contribution < 1.29 is 24.1 Å². The lowest BCUT2D eigenvalue weighted by molar-refractivity contribution is 0.0635. The molecule has 0 fully saturated rings. The van der Waals surface area contributed by atoms with Crippen LogP contribution in [-0.4, -0.2) is 57.7 Å². The Bertz CT molecular complexity index is 1710. The van der Waals surface area contributed by atoms with E-state index in [4.69, 9.17) is 25.8 Å². The van der Waals surface area contributed by atoms with Gasteiger partial charge < -0.3 is 24.6 Å². The average Bonchev–Trinajstić information content (AvgIpc) is 2.95. The zero-order valence-electron chi connectivity index (χ0n) is 25.9. The second-order valence-electron chi connectivity index (χ2n) is 11.9. The second kappa shape index (κ2) is 13.1. The fourth-order valence-corrected chi connectivity index (χ4v) is 4.68. The molecule has 234 valence electrons. The molecule has 0 unspecified atom stereocenters. The standard InChI is InChI=1S/C32H38ClN5O6/c1-31(2,3)44-30(40)36-21-10-8-19(9-11-21)12-13-38-27-20(17-34-29(37-27)35-18-32(4,5)41)14-24(28(38)39)23-15-22(42-6)16-25(43-7)26(23)33/h8-11,14-17,41H,12-13,18H2,1-7H3,(H,36,40)(H,34,35,37). The first-order chi connectivity index (χ1) is 20.7. The molecule has 2 aromatic heterocycles. The maximum Gasteiger partial charge on any atom is 0.412 e. The Hall–Kier alpha value is -4.35. The van der Waals surface area contributed by atoms with Gasteiger partial charge in [-0.15, -0.1) is 0 Å². The minimum Gasteiger partial charge on any atom is -0.497 e. The van der Waals surface area contributed by atoms with E-state index in [9.17, 15) is 14.7 Å². The van der Waals surface area contributed by atoms with Crippen molar-refractivity contribution in [2.24, 2.45) is 0 Å². The quantitative estimate of drug-likeness (QED) is 0.197. The average molecular weight is 624 g/mol. The zero-order chi connectivity index (χ0) is 32.2. The number of hydrogen-bond donors (Lipinski definition) is 3. The van der Waals surface area contributed by atoms with Crippen molar-refractivity contribution >= 4 is 40.4 Å². The minimum absolute atomic E-state index is 0.212. The number of carbonyl (C=O) groups is 1. The molecule has 11 nitrogen and oxygen atoms in total. The first-order valence-electron chi connectivity index (χ1n) is 14.0. The Morgan fingerprint density at radius 2 is 1.73 bits per heavy atom. The molecule has 0 aliphatic rings. The Kier molecular flexibility index (Phi) is 9.70. The fourth-order valence-electron chi connectivity index (χ4n) is 4.39. The Labute approximate surface area is 261 Å². The van der Waals surface area contributed by atoms with Crippen LogP contribution < -0.4 is 25.7 Å². The van der Waals surface area contributed by atoms with Gasteiger partial charge in [0, 0.05) is 47.6 Å². The van der Waals surface area contributed by atoms with Crippen molar-refractivity contribution in [3.05, 3.63) is 69.6 Å². The summed E-state index contributed by atoms with van der Waals surface area (Å²) in [5, 5.41) is 16.8. The van der Waals surface area contributed by atoms with Crippen LogP contribution in [0.3, 0.4) is 0 Å². The highest BCUT2D eigenvalue weighted by atomic mass is 35.5. The van der Waals surface area contributed by atoms with E-state index in [0.29, 0.717) is 45.8 Å². The number of nitrogens with zero attached hydrogens (tertiary/aromatic N) is 3. The highest BCUT2D eigenvalue weighted by Crippen LogP contribution is 2.38. The molecule has 0 bridgehead atoms. The van der Waals surface area contributed by atoms with Crippen LogP contribution in [0.4, 0.5) is 16.4 Å². The third kappa shape index (κ3) is 8.18. The monoisotopic (exact) mass is 623 g/mol. The van der Waals surface area contributed by atoms with Crippen LogP contribution in [0, 0.1) is 0 Å². The first-order valence-corrected chi connectivity index (χ1v) is 14.4. The van der Waals surface area contributed by atoms with Gasteiger partial charge in [0.1, 0.15) is 22.7 Å². The van der Waals surface area contributed by atoms with Crippen molar-refractivity contribution in [1.82, 2.24) is 14.5 Å². The number of nitrogens with one attached hydrogen (secondary N) is 2. The summed E-state index contributed by atoms with van der Waals surface area (Å²) in [6.07, 6.45) is 1.56. The van der Waals surface area contributed by atoms with E-state index < -0.39 is 17.3 Å². The molecular formula is C32H38ClN5O6. The number of hydrogen-bond acceptors (Lipinski definition) is 9. The van der Waals surface area contributed by atoms with Crippen LogP contribution in [0.2, 0.25) is 5.02 Å². The van der Waals surface area contributed by atoms with Crippen molar-refractivity contribution in [2.45, 2.75) is 58.8 Å². The summed E-state index contributed by atoms with van der Waals surface area (Å²) in [6, 6.07) is 12.3. The lowest BCUT2D eigenvalue weighted by Gasteiger charge is -2.19. The number of amides is 1. The van der Waals surface area contributed by atoms with Crippen LogP contribution in [0.1, 0.15) is 40.2 Å². The molecule has 0 aliphatic heterocycles. The van der Waals surface area contributed by atoms with Crippen molar-refractivity contribution in [2.75, 3.05) is 31.4 Å². The number of aromatic nitrogens is 3. The maximum absolute atomic E-state index is 14.1. The van der Waals surface area contributed by atoms with Gasteiger partial charge in [-0.05, 0) is 70.9 Å². The van der Waals surface area contributed by atoms with Gasteiger partial charge in [0.25, 0.3) is 5.56 Å². The molecule has 4 aromatic rings. The minimum atomic E-state index is -0.992. The van der Waals surface area contributed by atoms with Gasteiger partial charge in [0.05, 0.1) is 24.8 Å². The number of fused-ring (bicyclic) bond motifs is 1. The SMILES string of the molecule is COc1cc(OC)c(Cl)c(-c2cc3cnc(NCC(C)(C)O)nc3n(CCc3ccc(NC(=O)OC(C)(C)C)cc3)c2=O)c1. The molecule has 0 radical (unpaired) electrons. The second-order valence-corrected chi connectivity index (χ2v) is 12.3. The number of halogens is 1. The molecule has 0 saturated heterocycles. The smallest absolute Gasteiger partial charge is 0.412 e. The molecule has 3 N–H and O–H groups in total. The third-order valence-electron chi connectivity index (χ3n) is 6.49. The normalized spacial score (nSPS) is 11.8. The molecule has 12 heteroatoms. The molecule has 0 saturated carbocycles. The van der Waals surface area contributed by atoms with Crippen LogP contribution in [0.25, 0.3) is 22.2 Å². The summed E-state index contributed by atoms with van der Waals surface area (Å²) < 4.78 is 17.8. The number of aliphatic hydroxyl groups is 1. The number of ether oxygens (including phenoxy) is 3. The van der Waals surface area contributed by atoms with E-state index in [1.807, 2.05) is 12.1 Å². The predicted molar refractivity (Wildman–Crippen MR) is 172 cm³/mol. The van der Waals surface area contributed by atoms with E-state index in [0.717, 1.165) is 5.56 Å². The first kappa shape index (κ1) is 32.6. The van der Waals surface area contributed by atoms with Gasteiger partial charge in [-0.2, -0.15) is 4.98 Å². The maximum atomic E-state index is 14.1. The topological polar surface area (TPSA) is 137 Å². The largest absolute Gasteiger partial charge is 0.497 e. The van der Waals surface area contributed by atoms with Crippen LogP contribution in [-0.2, 0) is 17.7 Å². The fraction of sp³-hybridized carbons (Fsp3) is 0.375. The molecule has 4 rings (SSSR count). The molecule has 2 aromatic carbocycles. The van der Waals surface area contributed by atoms with E-state index in [2.05, 4.69) is 20.6 Å². The number of aryl methyl sites for hydroxylation is 2. The summed E-state index contributed by atoms with van der Waals surface area (Å²) in [4.78, 5) is 35.3.